The summed E-state index contributed by atoms with van der Waals surface area (Å²) in [5.74, 6) is -0.531. The fourth-order valence-corrected chi connectivity index (χ4v) is 5.22. The molecular formula is C30H26F2N6O2. The van der Waals surface area contributed by atoms with E-state index in [2.05, 4.69) is 16.0 Å². The van der Waals surface area contributed by atoms with Crippen LogP contribution in [0.2, 0.25) is 0 Å². The molecule has 1 amide bonds. The third-order valence-electron chi connectivity index (χ3n) is 7.33. The van der Waals surface area contributed by atoms with Gasteiger partial charge in [0.25, 0.3) is 5.91 Å². The van der Waals surface area contributed by atoms with Crippen molar-refractivity contribution in [2.24, 2.45) is 5.92 Å². The Morgan fingerprint density at radius 1 is 1.07 bits per heavy atom. The molecule has 0 bridgehead atoms. The second-order valence-electron chi connectivity index (χ2n) is 10.2. The molecule has 1 aliphatic carbocycles. The second kappa shape index (κ2) is 10.4. The Balaban J connectivity index is 1.29. The quantitative estimate of drug-likeness (QED) is 0.245. The number of nitrogen functional groups attached to an aromatic ring is 1. The zero-order valence-electron chi connectivity index (χ0n) is 21.6. The Labute approximate surface area is 229 Å². The van der Waals surface area contributed by atoms with Crippen LogP contribution in [0.25, 0.3) is 22.2 Å². The van der Waals surface area contributed by atoms with Crippen molar-refractivity contribution >= 4 is 22.8 Å². The van der Waals surface area contributed by atoms with Crippen molar-refractivity contribution in [1.29, 1.82) is 5.26 Å². The summed E-state index contributed by atoms with van der Waals surface area (Å²) in [6, 6.07) is 12.1. The number of likely N-dealkylation sites (tertiary alicyclic amines) is 1. The van der Waals surface area contributed by atoms with Crippen molar-refractivity contribution in [1.82, 2.24) is 19.4 Å². The molecule has 2 fully saturated rings. The van der Waals surface area contributed by atoms with E-state index in [0.29, 0.717) is 41.6 Å². The first-order chi connectivity index (χ1) is 19.4. The van der Waals surface area contributed by atoms with Crippen LogP contribution in [0.4, 0.5) is 14.6 Å². The molecule has 2 aromatic heterocycles. The summed E-state index contributed by atoms with van der Waals surface area (Å²) in [5, 5.41) is 10.3. The number of hydrogen-bond acceptors (Lipinski definition) is 6. The molecule has 2 aliphatic rings. The van der Waals surface area contributed by atoms with Gasteiger partial charge in [-0.2, -0.15) is 5.26 Å². The van der Waals surface area contributed by atoms with Crippen LogP contribution < -0.4 is 10.5 Å². The van der Waals surface area contributed by atoms with Crippen LogP contribution in [0.15, 0.2) is 66.6 Å². The van der Waals surface area contributed by atoms with Gasteiger partial charge >= 0.3 is 0 Å². The molecule has 0 radical (unpaired) electrons. The number of nitrogens with two attached hydrogens (primary N) is 1. The Kier molecular flexibility index (Phi) is 6.64. The third kappa shape index (κ3) is 5.10. The van der Waals surface area contributed by atoms with Crippen LogP contribution in [-0.2, 0) is 4.79 Å². The van der Waals surface area contributed by atoms with Gasteiger partial charge in [-0.25, -0.2) is 18.7 Å². The highest BCUT2D eigenvalue weighted by Crippen LogP contribution is 2.37. The molecule has 2 N–H and O–H groups in total. The maximum absolute atomic E-state index is 13.6. The monoisotopic (exact) mass is 540 g/mol. The fraction of sp³-hybridized carbons (Fsp3) is 0.267. The molecule has 0 spiro atoms. The number of amides is 1. The topological polar surface area (TPSA) is 110 Å². The molecule has 202 valence electrons. The van der Waals surface area contributed by atoms with E-state index in [1.807, 2.05) is 22.9 Å². The Hall–Kier alpha value is -4.78. The van der Waals surface area contributed by atoms with Gasteiger partial charge in [0.15, 0.2) is 0 Å². The first-order valence-corrected chi connectivity index (χ1v) is 13.2. The maximum Gasteiger partial charge on any atom is 0.264 e. The van der Waals surface area contributed by atoms with Gasteiger partial charge in [-0.15, -0.1) is 0 Å². The minimum absolute atomic E-state index is 0.0578. The van der Waals surface area contributed by atoms with Crippen molar-refractivity contribution in [3.05, 3.63) is 78.3 Å². The molecule has 1 saturated carbocycles. The molecule has 2 aromatic carbocycles. The standard InChI is InChI=1S/C30H26F2N6O2/c31-21-11-22(32)13-25(12-21)40-24-7-5-19(6-8-24)26-16-38(29-27(26)28(34)35-17-36-29)23-2-1-9-37(15-23)30(39)20(14-33)10-18-3-4-18/h5-8,10-13,16-18,23H,1-4,9,15H2,(H2,34,35,36)/b20-10-/t23-/m0/s1. The summed E-state index contributed by atoms with van der Waals surface area (Å²) in [7, 11) is 0. The van der Waals surface area contributed by atoms with E-state index >= 15 is 0 Å². The zero-order chi connectivity index (χ0) is 27.8. The summed E-state index contributed by atoms with van der Waals surface area (Å²) < 4.78 is 34.8. The Morgan fingerprint density at radius 3 is 2.52 bits per heavy atom. The number of hydrogen-bond donors (Lipinski definition) is 1. The van der Waals surface area contributed by atoms with Gasteiger partial charge in [0, 0.05) is 43.0 Å². The maximum atomic E-state index is 13.6. The number of carbonyl (C=O) groups excluding carboxylic acids is 1. The molecule has 3 heterocycles. The van der Waals surface area contributed by atoms with Gasteiger partial charge in [-0.05, 0) is 49.3 Å². The van der Waals surface area contributed by atoms with Crippen LogP contribution in [0.3, 0.4) is 0 Å². The lowest BCUT2D eigenvalue weighted by Gasteiger charge is -2.33. The van der Waals surface area contributed by atoms with Gasteiger partial charge in [0.1, 0.15) is 52.6 Å². The fourth-order valence-electron chi connectivity index (χ4n) is 5.22. The second-order valence-corrected chi connectivity index (χ2v) is 10.2. The number of piperidine rings is 1. The SMILES string of the molecule is N#C/C(=C/C1CC1)C(=O)N1CCC[C@H](n2cc(-c3ccc(Oc4cc(F)cc(F)c4)cc3)c3c(N)ncnc32)C1. The van der Waals surface area contributed by atoms with Crippen molar-refractivity contribution in [2.75, 3.05) is 18.8 Å². The molecule has 6 rings (SSSR count). The molecule has 40 heavy (non-hydrogen) atoms. The first kappa shape index (κ1) is 25.5. The predicted octanol–water partition coefficient (Wildman–Crippen LogP) is 5.77. The van der Waals surface area contributed by atoms with E-state index in [9.17, 15) is 18.8 Å². The van der Waals surface area contributed by atoms with Crippen LogP contribution in [0, 0.1) is 28.9 Å². The van der Waals surface area contributed by atoms with Gasteiger partial charge in [-0.3, -0.25) is 4.79 Å². The number of nitriles is 1. The van der Waals surface area contributed by atoms with E-state index in [0.717, 1.165) is 55.0 Å². The lowest BCUT2D eigenvalue weighted by Crippen LogP contribution is -2.41. The lowest BCUT2D eigenvalue weighted by molar-refractivity contribution is -0.128. The Morgan fingerprint density at radius 2 is 1.82 bits per heavy atom. The van der Waals surface area contributed by atoms with Crippen molar-refractivity contribution < 1.29 is 18.3 Å². The number of rotatable bonds is 6. The van der Waals surface area contributed by atoms with E-state index in [-0.39, 0.29) is 23.3 Å². The first-order valence-electron chi connectivity index (χ1n) is 13.2. The largest absolute Gasteiger partial charge is 0.457 e. The number of nitrogens with zero attached hydrogens (tertiary/aromatic N) is 5. The number of ether oxygens (including phenoxy) is 1. The molecular weight excluding hydrogens is 514 g/mol. The van der Waals surface area contributed by atoms with Crippen LogP contribution in [0.5, 0.6) is 11.5 Å². The number of anilines is 1. The van der Waals surface area contributed by atoms with Gasteiger partial charge < -0.3 is 19.9 Å². The molecule has 10 heteroatoms. The summed E-state index contributed by atoms with van der Waals surface area (Å²) in [6.07, 6.45) is 8.88. The highest BCUT2D eigenvalue weighted by atomic mass is 19.1. The number of benzene rings is 2. The molecule has 0 unspecified atom stereocenters. The highest BCUT2D eigenvalue weighted by Gasteiger charge is 2.30. The van der Waals surface area contributed by atoms with Crippen molar-refractivity contribution in [2.45, 2.75) is 31.7 Å². The molecule has 8 nitrogen and oxygen atoms in total. The molecule has 1 aliphatic heterocycles. The predicted molar refractivity (Wildman–Crippen MR) is 145 cm³/mol. The van der Waals surface area contributed by atoms with Gasteiger partial charge in [0.05, 0.1) is 11.4 Å². The van der Waals surface area contributed by atoms with Gasteiger partial charge in [-0.1, -0.05) is 18.2 Å². The van der Waals surface area contributed by atoms with E-state index in [1.54, 1.807) is 23.1 Å². The number of allylic oxidation sites excluding steroid dienone is 1. The van der Waals surface area contributed by atoms with E-state index in [1.165, 1.54) is 6.33 Å². The minimum Gasteiger partial charge on any atom is -0.457 e. The van der Waals surface area contributed by atoms with Crippen LogP contribution >= 0.6 is 0 Å². The average molecular weight is 541 g/mol. The number of halogens is 2. The van der Waals surface area contributed by atoms with E-state index < -0.39 is 11.6 Å². The van der Waals surface area contributed by atoms with Crippen LogP contribution in [0.1, 0.15) is 31.7 Å². The number of aromatic nitrogens is 3. The number of carbonyl (C=O) groups is 1. The molecule has 4 aromatic rings. The summed E-state index contributed by atoms with van der Waals surface area (Å²) in [4.78, 5) is 23.6. The Bertz CT molecular complexity index is 1650. The molecule has 1 saturated heterocycles. The van der Waals surface area contributed by atoms with Crippen molar-refractivity contribution in [3.63, 3.8) is 0 Å². The smallest absolute Gasteiger partial charge is 0.264 e. The highest BCUT2D eigenvalue weighted by molar-refractivity contribution is 6.01. The van der Waals surface area contributed by atoms with Gasteiger partial charge in [0.2, 0.25) is 0 Å². The summed E-state index contributed by atoms with van der Waals surface area (Å²) in [6.45, 7) is 1.05. The normalized spacial score (nSPS) is 17.6. The molecule has 1 atom stereocenters. The van der Waals surface area contributed by atoms with Crippen molar-refractivity contribution in [3.8, 4) is 28.7 Å². The lowest BCUT2D eigenvalue weighted by atomic mass is 10.0. The summed E-state index contributed by atoms with van der Waals surface area (Å²) in [5.41, 5.74) is 8.83. The number of fused-ring (bicyclic) bond motifs is 1. The summed E-state index contributed by atoms with van der Waals surface area (Å²) >= 11 is 0. The third-order valence-corrected chi connectivity index (χ3v) is 7.33. The van der Waals surface area contributed by atoms with Crippen LogP contribution in [-0.4, -0.2) is 38.4 Å². The zero-order valence-corrected chi connectivity index (χ0v) is 21.6. The average Bonchev–Trinajstić information content (AvgIpc) is 3.68. The van der Waals surface area contributed by atoms with E-state index in [4.69, 9.17) is 10.5 Å². The minimum atomic E-state index is -0.722.